The Morgan fingerprint density at radius 1 is 1.50 bits per heavy atom. The number of piperidine rings is 1. The Labute approximate surface area is 113 Å². The average Bonchev–Trinajstić information content (AvgIpc) is 2.38. The first kappa shape index (κ1) is 13.2. The van der Waals surface area contributed by atoms with Crippen molar-refractivity contribution in [2.24, 2.45) is 5.73 Å². The first-order valence-corrected chi connectivity index (χ1v) is 6.73. The molecule has 0 bridgehead atoms. The number of nitrogens with zero attached hydrogens (tertiary/aromatic N) is 2. The van der Waals surface area contributed by atoms with Gasteiger partial charge in [-0.1, -0.05) is 11.6 Å². The summed E-state index contributed by atoms with van der Waals surface area (Å²) in [5, 5.41) is 9.88. The maximum atomic E-state index is 9.21. The van der Waals surface area contributed by atoms with Crippen LogP contribution in [0, 0.1) is 11.3 Å². The van der Waals surface area contributed by atoms with E-state index >= 15 is 0 Å². The fourth-order valence-electron chi connectivity index (χ4n) is 2.64. The number of nitrogens with two attached hydrogens (primary N) is 1. The van der Waals surface area contributed by atoms with Gasteiger partial charge in [-0.15, -0.1) is 0 Å². The average molecular weight is 264 g/mol. The van der Waals surface area contributed by atoms with Crippen LogP contribution < -0.4 is 10.6 Å². The van der Waals surface area contributed by atoms with Gasteiger partial charge in [0.15, 0.2) is 0 Å². The monoisotopic (exact) mass is 263 g/mol. The molecule has 18 heavy (non-hydrogen) atoms. The van der Waals surface area contributed by atoms with E-state index in [1.807, 2.05) is 13.0 Å². The summed E-state index contributed by atoms with van der Waals surface area (Å²) in [5.74, 6) is 0. The van der Waals surface area contributed by atoms with E-state index in [2.05, 4.69) is 11.0 Å². The summed E-state index contributed by atoms with van der Waals surface area (Å²) in [5.41, 5.74) is 7.66. The largest absolute Gasteiger partial charge is 0.366 e. The minimum Gasteiger partial charge on any atom is -0.366 e. The second kappa shape index (κ2) is 5.60. The van der Waals surface area contributed by atoms with Gasteiger partial charge in [-0.3, -0.25) is 0 Å². The highest BCUT2D eigenvalue weighted by Crippen LogP contribution is 2.31. The second-order valence-electron chi connectivity index (χ2n) is 4.89. The zero-order valence-corrected chi connectivity index (χ0v) is 11.3. The molecule has 1 heterocycles. The van der Waals surface area contributed by atoms with Crippen LogP contribution in [-0.4, -0.2) is 18.6 Å². The van der Waals surface area contributed by atoms with Gasteiger partial charge in [-0.05, 0) is 44.4 Å². The van der Waals surface area contributed by atoms with Crippen molar-refractivity contribution in [1.29, 1.82) is 5.26 Å². The van der Waals surface area contributed by atoms with Crippen LogP contribution in [0.3, 0.4) is 0 Å². The summed E-state index contributed by atoms with van der Waals surface area (Å²) in [6, 6.07) is 8.04. The molecule has 2 N–H and O–H groups in total. The Balaban J connectivity index is 2.39. The molecule has 1 saturated heterocycles. The van der Waals surface area contributed by atoms with E-state index in [1.54, 1.807) is 12.1 Å². The highest BCUT2D eigenvalue weighted by molar-refractivity contribution is 6.30. The lowest BCUT2D eigenvalue weighted by molar-refractivity contribution is 0.413. The van der Waals surface area contributed by atoms with Crippen LogP contribution >= 0.6 is 11.6 Å². The standard InChI is InChI=1S/C14H18ClN3/c1-10(17)13-4-2-3-7-18(13)14-8-12(15)6-5-11(14)9-16/h5-6,8,10,13H,2-4,7,17H2,1H3. The minimum atomic E-state index is 0.0934. The summed E-state index contributed by atoms with van der Waals surface area (Å²) < 4.78 is 0. The summed E-state index contributed by atoms with van der Waals surface area (Å²) in [6.45, 7) is 2.97. The lowest BCUT2D eigenvalue weighted by atomic mass is 9.95. The third-order valence-corrected chi connectivity index (χ3v) is 3.78. The molecule has 1 aliphatic heterocycles. The molecule has 0 spiro atoms. The van der Waals surface area contributed by atoms with Crippen LogP contribution in [0.4, 0.5) is 5.69 Å². The summed E-state index contributed by atoms with van der Waals surface area (Å²) in [7, 11) is 0. The van der Waals surface area contributed by atoms with Gasteiger partial charge in [0.05, 0.1) is 11.3 Å². The molecule has 4 heteroatoms. The number of hydrogen-bond donors (Lipinski definition) is 1. The molecule has 1 aliphatic rings. The normalized spacial score (nSPS) is 21.4. The first-order valence-electron chi connectivity index (χ1n) is 6.35. The fraction of sp³-hybridized carbons (Fsp3) is 0.500. The molecule has 3 nitrogen and oxygen atoms in total. The molecule has 0 aromatic heterocycles. The quantitative estimate of drug-likeness (QED) is 0.893. The van der Waals surface area contributed by atoms with Crippen LogP contribution in [0.1, 0.15) is 31.7 Å². The topological polar surface area (TPSA) is 53.0 Å². The zero-order chi connectivity index (χ0) is 13.1. The maximum Gasteiger partial charge on any atom is 0.101 e. The fourth-order valence-corrected chi connectivity index (χ4v) is 2.81. The van der Waals surface area contributed by atoms with Gasteiger partial charge >= 0.3 is 0 Å². The zero-order valence-electron chi connectivity index (χ0n) is 10.6. The highest BCUT2D eigenvalue weighted by atomic mass is 35.5. The molecular weight excluding hydrogens is 246 g/mol. The van der Waals surface area contributed by atoms with Gasteiger partial charge in [0.1, 0.15) is 6.07 Å². The summed E-state index contributed by atoms with van der Waals surface area (Å²) in [6.07, 6.45) is 3.42. The van der Waals surface area contributed by atoms with E-state index in [-0.39, 0.29) is 6.04 Å². The summed E-state index contributed by atoms with van der Waals surface area (Å²) >= 11 is 6.05. The predicted molar refractivity (Wildman–Crippen MR) is 74.8 cm³/mol. The Morgan fingerprint density at radius 2 is 2.28 bits per heavy atom. The van der Waals surface area contributed by atoms with Crippen molar-refractivity contribution < 1.29 is 0 Å². The van der Waals surface area contributed by atoms with Crippen LogP contribution in [-0.2, 0) is 0 Å². The van der Waals surface area contributed by atoms with Gasteiger partial charge in [-0.25, -0.2) is 0 Å². The van der Waals surface area contributed by atoms with E-state index < -0.39 is 0 Å². The van der Waals surface area contributed by atoms with Crippen LogP contribution in [0.5, 0.6) is 0 Å². The molecule has 1 aromatic carbocycles. The molecule has 2 unspecified atom stereocenters. The first-order chi connectivity index (χ1) is 8.63. The molecule has 0 aliphatic carbocycles. The van der Waals surface area contributed by atoms with E-state index in [0.717, 1.165) is 25.1 Å². The number of hydrogen-bond acceptors (Lipinski definition) is 3. The van der Waals surface area contributed by atoms with Crippen molar-refractivity contribution in [3.63, 3.8) is 0 Å². The smallest absolute Gasteiger partial charge is 0.101 e. The van der Waals surface area contributed by atoms with E-state index in [4.69, 9.17) is 17.3 Å². The van der Waals surface area contributed by atoms with Gasteiger partial charge in [-0.2, -0.15) is 5.26 Å². The lowest BCUT2D eigenvalue weighted by Gasteiger charge is -2.40. The van der Waals surface area contributed by atoms with Crippen molar-refractivity contribution in [1.82, 2.24) is 0 Å². The highest BCUT2D eigenvalue weighted by Gasteiger charge is 2.27. The van der Waals surface area contributed by atoms with Crippen LogP contribution in [0.25, 0.3) is 0 Å². The second-order valence-corrected chi connectivity index (χ2v) is 5.33. The molecule has 96 valence electrons. The molecule has 2 rings (SSSR count). The Bertz CT molecular complexity index is 465. The van der Waals surface area contributed by atoms with Crippen molar-refractivity contribution in [2.45, 2.75) is 38.3 Å². The van der Waals surface area contributed by atoms with Crippen molar-refractivity contribution in [3.8, 4) is 6.07 Å². The predicted octanol–water partition coefficient (Wildman–Crippen LogP) is 2.92. The minimum absolute atomic E-state index is 0.0934. The van der Waals surface area contributed by atoms with Crippen molar-refractivity contribution in [3.05, 3.63) is 28.8 Å². The summed E-state index contributed by atoms with van der Waals surface area (Å²) in [4.78, 5) is 2.25. The van der Waals surface area contributed by atoms with E-state index in [0.29, 0.717) is 16.6 Å². The molecule has 1 fully saturated rings. The molecule has 0 amide bonds. The van der Waals surface area contributed by atoms with Crippen molar-refractivity contribution >= 4 is 17.3 Å². The van der Waals surface area contributed by atoms with Gasteiger partial charge in [0, 0.05) is 23.7 Å². The van der Waals surface area contributed by atoms with Crippen molar-refractivity contribution in [2.75, 3.05) is 11.4 Å². The molecular formula is C14H18ClN3. The number of benzene rings is 1. The third-order valence-electron chi connectivity index (χ3n) is 3.55. The van der Waals surface area contributed by atoms with Crippen LogP contribution in [0.15, 0.2) is 18.2 Å². The lowest BCUT2D eigenvalue weighted by Crippen LogP contribution is -2.49. The Kier molecular flexibility index (Phi) is 4.11. The van der Waals surface area contributed by atoms with E-state index in [1.165, 1.54) is 6.42 Å². The molecule has 2 atom stereocenters. The van der Waals surface area contributed by atoms with Gasteiger partial charge < -0.3 is 10.6 Å². The molecule has 0 saturated carbocycles. The number of rotatable bonds is 2. The van der Waals surface area contributed by atoms with E-state index in [9.17, 15) is 5.26 Å². The van der Waals surface area contributed by atoms with Crippen LogP contribution in [0.2, 0.25) is 5.02 Å². The number of anilines is 1. The number of nitriles is 1. The Morgan fingerprint density at radius 3 is 2.94 bits per heavy atom. The SMILES string of the molecule is CC(N)C1CCCCN1c1cc(Cl)ccc1C#N. The third kappa shape index (κ3) is 2.60. The molecule has 0 radical (unpaired) electrons. The Hall–Kier alpha value is -1.24. The van der Waals surface area contributed by atoms with Gasteiger partial charge in [0.2, 0.25) is 0 Å². The number of halogens is 1. The maximum absolute atomic E-state index is 9.21. The van der Waals surface area contributed by atoms with Gasteiger partial charge in [0.25, 0.3) is 0 Å². The molecule has 1 aromatic rings.